The number of rotatable bonds is 1. The predicted molar refractivity (Wildman–Crippen MR) is 67.3 cm³/mol. The normalized spacial score (nSPS) is 27.4. The fourth-order valence-corrected chi connectivity index (χ4v) is 3.17. The summed E-state index contributed by atoms with van der Waals surface area (Å²) in [5.41, 5.74) is 5.51. The van der Waals surface area contributed by atoms with Crippen molar-refractivity contribution < 1.29 is 0 Å². The van der Waals surface area contributed by atoms with Gasteiger partial charge >= 0.3 is 0 Å². The molecule has 0 spiro atoms. The Morgan fingerprint density at radius 1 is 1.31 bits per heavy atom. The summed E-state index contributed by atoms with van der Waals surface area (Å²) in [4.78, 5) is 0. The quantitative estimate of drug-likeness (QED) is 0.665. The van der Waals surface area contributed by atoms with Gasteiger partial charge in [0.2, 0.25) is 0 Å². The Morgan fingerprint density at radius 2 is 2.12 bits per heavy atom. The van der Waals surface area contributed by atoms with Crippen LogP contribution in [-0.2, 0) is 0 Å². The number of allylic oxidation sites excluding steroid dienone is 2. The summed E-state index contributed by atoms with van der Waals surface area (Å²) < 4.78 is 0. The molecule has 0 fully saturated rings. The summed E-state index contributed by atoms with van der Waals surface area (Å²) in [5, 5.41) is 4.86. The molecule has 1 aliphatic carbocycles. The van der Waals surface area contributed by atoms with E-state index in [0.29, 0.717) is 5.92 Å². The van der Waals surface area contributed by atoms with Crippen molar-refractivity contribution in [2.45, 2.75) is 33.1 Å². The maximum atomic E-state index is 4.86. The highest BCUT2D eigenvalue weighted by molar-refractivity contribution is 5.82. The Labute approximate surface area is 97.6 Å². The molecule has 0 saturated carbocycles. The molecule has 16 heavy (non-hydrogen) atoms. The number of hydrogen-bond donors (Lipinski definition) is 0. The standard InChI is InChI=1S/C15H18N/c1-3-11-10(2)8-9-13-12-6-4-5-7-14(12)16-15(11)13/h4-7,10-11H,3,8-9H2,1-2H3. The Hall–Kier alpha value is -1.24. The molecule has 2 aliphatic rings. The zero-order valence-electron chi connectivity index (χ0n) is 10.0. The van der Waals surface area contributed by atoms with Crippen LogP contribution in [0.15, 0.2) is 30.0 Å². The van der Waals surface area contributed by atoms with Gasteiger partial charge in [0.15, 0.2) is 0 Å². The maximum absolute atomic E-state index is 4.86. The van der Waals surface area contributed by atoms with Gasteiger partial charge in [-0.05, 0) is 36.8 Å². The van der Waals surface area contributed by atoms with Crippen LogP contribution >= 0.6 is 0 Å². The maximum Gasteiger partial charge on any atom is 0.0708 e. The van der Waals surface area contributed by atoms with Crippen molar-refractivity contribution in [1.82, 2.24) is 5.32 Å². The lowest BCUT2D eigenvalue weighted by atomic mass is 9.77. The van der Waals surface area contributed by atoms with Crippen molar-refractivity contribution in [2.75, 3.05) is 0 Å². The van der Waals surface area contributed by atoms with Gasteiger partial charge in [-0.25, -0.2) is 0 Å². The summed E-state index contributed by atoms with van der Waals surface area (Å²) in [7, 11) is 0. The molecule has 1 aromatic rings. The molecule has 1 nitrogen and oxygen atoms in total. The van der Waals surface area contributed by atoms with Gasteiger partial charge in [-0.2, -0.15) is 0 Å². The van der Waals surface area contributed by atoms with Crippen molar-refractivity contribution in [1.29, 1.82) is 0 Å². The van der Waals surface area contributed by atoms with Gasteiger partial charge in [-0.15, -0.1) is 0 Å². The van der Waals surface area contributed by atoms with E-state index in [0.717, 1.165) is 5.92 Å². The van der Waals surface area contributed by atoms with E-state index >= 15 is 0 Å². The summed E-state index contributed by atoms with van der Waals surface area (Å²) in [6.45, 7) is 4.66. The van der Waals surface area contributed by atoms with Crippen LogP contribution in [0.3, 0.4) is 0 Å². The van der Waals surface area contributed by atoms with Crippen molar-refractivity contribution in [3.63, 3.8) is 0 Å². The molecule has 83 valence electrons. The van der Waals surface area contributed by atoms with Gasteiger partial charge in [0, 0.05) is 17.2 Å². The zero-order chi connectivity index (χ0) is 11.1. The molecule has 2 unspecified atom stereocenters. The molecule has 1 aromatic carbocycles. The van der Waals surface area contributed by atoms with E-state index in [1.54, 1.807) is 0 Å². The molecule has 3 rings (SSSR count). The molecule has 1 radical (unpaired) electrons. The number of hydrogen-bond acceptors (Lipinski definition) is 0. The topological polar surface area (TPSA) is 14.1 Å². The van der Waals surface area contributed by atoms with Crippen molar-refractivity contribution >= 4 is 11.3 Å². The van der Waals surface area contributed by atoms with Crippen molar-refractivity contribution in [3.05, 3.63) is 35.5 Å². The number of benzene rings is 1. The first kappa shape index (κ1) is 9.95. The summed E-state index contributed by atoms with van der Waals surface area (Å²) >= 11 is 0. The van der Waals surface area contributed by atoms with Crippen LogP contribution in [0.5, 0.6) is 0 Å². The van der Waals surface area contributed by atoms with Crippen LogP contribution in [0.4, 0.5) is 5.69 Å². The highest BCUT2D eigenvalue weighted by Gasteiger charge is 2.33. The minimum Gasteiger partial charge on any atom is -0.252 e. The number of fused-ring (bicyclic) bond motifs is 2. The lowest BCUT2D eigenvalue weighted by Gasteiger charge is -2.29. The molecule has 0 bridgehead atoms. The average molecular weight is 212 g/mol. The second-order valence-corrected chi connectivity index (χ2v) is 5.02. The van der Waals surface area contributed by atoms with Crippen LogP contribution < -0.4 is 5.32 Å². The highest BCUT2D eigenvalue weighted by atomic mass is 14.9. The van der Waals surface area contributed by atoms with Crippen LogP contribution in [0.1, 0.15) is 38.7 Å². The summed E-state index contributed by atoms with van der Waals surface area (Å²) in [6.07, 6.45) is 3.76. The molecule has 0 aromatic heterocycles. The van der Waals surface area contributed by atoms with Crippen LogP contribution in [0, 0.1) is 11.8 Å². The molecule has 1 heteroatoms. The fraction of sp³-hybridized carbons (Fsp3) is 0.467. The first-order valence-corrected chi connectivity index (χ1v) is 6.35. The monoisotopic (exact) mass is 212 g/mol. The molecule has 1 aliphatic heterocycles. The average Bonchev–Trinajstić information content (AvgIpc) is 2.67. The molecule has 2 atom stereocenters. The first-order chi connectivity index (χ1) is 7.81. The van der Waals surface area contributed by atoms with E-state index in [2.05, 4.69) is 38.1 Å². The first-order valence-electron chi connectivity index (χ1n) is 6.35. The summed E-state index contributed by atoms with van der Waals surface area (Å²) in [6, 6.07) is 8.59. The highest BCUT2D eigenvalue weighted by Crippen LogP contribution is 2.47. The lowest BCUT2D eigenvalue weighted by Crippen LogP contribution is -2.21. The molecule has 0 saturated heterocycles. The smallest absolute Gasteiger partial charge is 0.0708 e. The van der Waals surface area contributed by atoms with Gasteiger partial charge in [0.05, 0.1) is 5.69 Å². The lowest BCUT2D eigenvalue weighted by molar-refractivity contribution is 0.355. The Balaban J connectivity index is 2.06. The minimum atomic E-state index is 0.677. The third-order valence-corrected chi connectivity index (χ3v) is 4.11. The van der Waals surface area contributed by atoms with Crippen molar-refractivity contribution in [3.8, 4) is 0 Å². The largest absolute Gasteiger partial charge is 0.252 e. The Bertz CT molecular complexity index is 445. The predicted octanol–water partition coefficient (Wildman–Crippen LogP) is 4.10. The van der Waals surface area contributed by atoms with Crippen molar-refractivity contribution in [2.24, 2.45) is 11.8 Å². The Morgan fingerprint density at radius 3 is 2.94 bits per heavy atom. The van der Waals surface area contributed by atoms with E-state index in [-0.39, 0.29) is 0 Å². The fourth-order valence-electron chi connectivity index (χ4n) is 3.17. The van der Waals surface area contributed by atoms with Gasteiger partial charge in [-0.1, -0.05) is 32.0 Å². The second-order valence-electron chi connectivity index (χ2n) is 5.02. The summed E-state index contributed by atoms with van der Waals surface area (Å²) in [5.74, 6) is 1.47. The molecular weight excluding hydrogens is 194 g/mol. The zero-order valence-corrected chi connectivity index (χ0v) is 10.0. The number of para-hydroxylation sites is 1. The SMILES string of the molecule is CCC1C2=C(CCC1C)c1ccccc1[N]2. The number of nitrogens with zero attached hydrogens (tertiary/aromatic N) is 1. The molecule has 0 N–H and O–H groups in total. The van der Waals surface area contributed by atoms with E-state index in [1.807, 2.05) is 0 Å². The molecule has 0 amide bonds. The third kappa shape index (κ3) is 1.31. The Kier molecular flexibility index (Phi) is 2.27. The van der Waals surface area contributed by atoms with E-state index < -0.39 is 0 Å². The van der Waals surface area contributed by atoms with E-state index in [1.165, 1.54) is 41.8 Å². The van der Waals surface area contributed by atoms with Gasteiger partial charge in [0.25, 0.3) is 0 Å². The van der Waals surface area contributed by atoms with Gasteiger partial charge in [-0.3, -0.25) is 5.32 Å². The van der Waals surface area contributed by atoms with Gasteiger partial charge < -0.3 is 0 Å². The molecule has 1 heterocycles. The minimum absolute atomic E-state index is 0.677. The van der Waals surface area contributed by atoms with Crippen LogP contribution in [0.25, 0.3) is 5.57 Å². The van der Waals surface area contributed by atoms with Crippen LogP contribution in [0.2, 0.25) is 0 Å². The van der Waals surface area contributed by atoms with Gasteiger partial charge in [0.1, 0.15) is 0 Å². The van der Waals surface area contributed by atoms with E-state index in [4.69, 9.17) is 5.32 Å². The molecular formula is C15H18N. The third-order valence-electron chi connectivity index (χ3n) is 4.11. The van der Waals surface area contributed by atoms with Crippen LogP contribution in [-0.4, -0.2) is 0 Å². The van der Waals surface area contributed by atoms with E-state index in [9.17, 15) is 0 Å². The second kappa shape index (κ2) is 3.65.